The first-order valence-electron chi connectivity index (χ1n) is 5.04. The SMILES string of the molecule is O=C(NCCc1ncc[nH]1)c1ccccn1. The number of amides is 1. The van der Waals surface area contributed by atoms with Gasteiger partial charge in [-0.1, -0.05) is 6.07 Å². The van der Waals surface area contributed by atoms with Gasteiger partial charge in [0.15, 0.2) is 0 Å². The lowest BCUT2D eigenvalue weighted by Gasteiger charge is -2.02. The second kappa shape index (κ2) is 5.06. The van der Waals surface area contributed by atoms with E-state index in [1.165, 1.54) is 0 Å². The number of aromatic amines is 1. The molecule has 5 heteroatoms. The Kier molecular flexibility index (Phi) is 3.28. The molecule has 5 nitrogen and oxygen atoms in total. The van der Waals surface area contributed by atoms with Crippen LogP contribution in [0.3, 0.4) is 0 Å². The van der Waals surface area contributed by atoms with Gasteiger partial charge >= 0.3 is 0 Å². The summed E-state index contributed by atoms with van der Waals surface area (Å²) in [6, 6.07) is 5.25. The molecule has 0 aliphatic rings. The summed E-state index contributed by atoms with van der Waals surface area (Å²) in [5, 5.41) is 2.78. The number of nitrogens with zero attached hydrogens (tertiary/aromatic N) is 2. The van der Waals surface area contributed by atoms with Crippen molar-refractivity contribution < 1.29 is 4.79 Å². The zero-order chi connectivity index (χ0) is 11.2. The molecule has 0 spiro atoms. The molecule has 0 aliphatic carbocycles. The van der Waals surface area contributed by atoms with Crippen LogP contribution < -0.4 is 5.32 Å². The van der Waals surface area contributed by atoms with E-state index in [9.17, 15) is 4.79 Å². The summed E-state index contributed by atoms with van der Waals surface area (Å²) < 4.78 is 0. The lowest BCUT2D eigenvalue weighted by Crippen LogP contribution is -2.26. The molecular weight excluding hydrogens is 204 g/mol. The van der Waals surface area contributed by atoms with Crippen molar-refractivity contribution in [3.63, 3.8) is 0 Å². The van der Waals surface area contributed by atoms with Crippen LogP contribution in [-0.4, -0.2) is 27.4 Å². The third kappa shape index (κ3) is 2.66. The number of carbonyl (C=O) groups is 1. The van der Waals surface area contributed by atoms with E-state index in [0.29, 0.717) is 18.7 Å². The van der Waals surface area contributed by atoms with Crippen LogP contribution in [0.15, 0.2) is 36.8 Å². The summed E-state index contributed by atoms with van der Waals surface area (Å²) in [6.45, 7) is 0.545. The molecule has 1 amide bonds. The molecule has 0 radical (unpaired) electrons. The van der Waals surface area contributed by atoms with Crippen molar-refractivity contribution in [2.45, 2.75) is 6.42 Å². The summed E-state index contributed by atoms with van der Waals surface area (Å²) in [5.74, 6) is 0.702. The maximum absolute atomic E-state index is 11.6. The summed E-state index contributed by atoms with van der Waals surface area (Å²) in [5.41, 5.74) is 0.432. The Labute approximate surface area is 92.9 Å². The van der Waals surface area contributed by atoms with Gasteiger partial charge < -0.3 is 10.3 Å². The maximum atomic E-state index is 11.6. The van der Waals surface area contributed by atoms with Crippen molar-refractivity contribution >= 4 is 5.91 Å². The molecule has 0 aromatic carbocycles. The van der Waals surface area contributed by atoms with Gasteiger partial charge in [0.25, 0.3) is 5.91 Å². The third-order valence-electron chi connectivity index (χ3n) is 2.10. The van der Waals surface area contributed by atoms with Crippen LogP contribution in [0.1, 0.15) is 16.3 Å². The molecule has 2 N–H and O–H groups in total. The predicted octanol–water partition coefficient (Wildman–Crippen LogP) is 0.777. The second-order valence-corrected chi connectivity index (χ2v) is 3.26. The number of nitrogens with one attached hydrogen (secondary N) is 2. The molecule has 0 atom stereocenters. The minimum absolute atomic E-state index is 0.160. The smallest absolute Gasteiger partial charge is 0.269 e. The minimum atomic E-state index is -0.160. The summed E-state index contributed by atoms with van der Waals surface area (Å²) in [4.78, 5) is 22.6. The molecule has 0 bridgehead atoms. The number of pyridine rings is 1. The van der Waals surface area contributed by atoms with Gasteiger partial charge in [0, 0.05) is 31.6 Å². The number of hydrogen-bond acceptors (Lipinski definition) is 3. The maximum Gasteiger partial charge on any atom is 0.269 e. The molecule has 0 aliphatic heterocycles. The minimum Gasteiger partial charge on any atom is -0.350 e. The molecule has 0 saturated heterocycles. The number of rotatable bonds is 4. The van der Waals surface area contributed by atoms with E-state index in [1.807, 2.05) is 0 Å². The standard InChI is InChI=1S/C11H12N4O/c16-11(9-3-1-2-5-12-9)15-6-4-10-13-7-8-14-10/h1-3,5,7-8H,4,6H2,(H,13,14)(H,15,16). The first-order chi connectivity index (χ1) is 7.86. The molecule has 0 fully saturated rings. The Bertz CT molecular complexity index is 438. The van der Waals surface area contributed by atoms with Crippen LogP contribution in [0.25, 0.3) is 0 Å². The van der Waals surface area contributed by atoms with Crippen molar-refractivity contribution in [3.8, 4) is 0 Å². The highest BCUT2D eigenvalue weighted by Crippen LogP contribution is 1.93. The predicted molar refractivity (Wildman–Crippen MR) is 58.9 cm³/mol. The van der Waals surface area contributed by atoms with E-state index in [0.717, 1.165) is 5.82 Å². The molecule has 16 heavy (non-hydrogen) atoms. The summed E-state index contributed by atoms with van der Waals surface area (Å²) >= 11 is 0. The second-order valence-electron chi connectivity index (χ2n) is 3.26. The van der Waals surface area contributed by atoms with Crippen LogP contribution in [0.4, 0.5) is 0 Å². The number of hydrogen-bond donors (Lipinski definition) is 2. The van der Waals surface area contributed by atoms with Crippen LogP contribution >= 0.6 is 0 Å². The van der Waals surface area contributed by atoms with E-state index < -0.39 is 0 Å². The number of carbonyl (C=O) groups excluding carboxylic acids is 1. The highest BCUT2D eigenvalue weighted by molar-refractivity contribution is 5.92. The van der Waals surface area contributed by atoms with Crippen molar-refractivity contribution in [2.24, 2.45) is 0 Å². The topological polar surface area (TPSA) is 70.7 Å². The molecule has 2 aromatic rings. The summed E-state index contributed by atoms with van der Waals surface area (Å²) in [7, 11) is 0. The van der Waals surface area contributed by atoms with Crippen LogP contribution in [-0.2, 0) is 6.42 Å². The van der Waals surface area contributed by atoms with E-state index >= 15 is 0 Å². The van der Waals surface area contributed by atoms with Gasteiger partial charge in [0.05, 0.1) is 0 Å². The highest BCUT2D eigenvalue weighted by Gasteiger charge is 2.04. The van der Waals surface area contributed by atoms with Gasteiger partial charge in [-0.2, -0.15) is 0 Å². The average Bonchev–Trinajstić information content (AvgIpc) is 2.83. The molecule has 0 unspecified atom stereocenters. The van der Waals surface area contributed by atoms with E-state index in [1.54, 1.807) is 36.8 Å². The molecule has 82 valence electrons. The normalized spacial score (nSPS) is 10.0. The van der Waals surface area contributed by atoms with Crippen molar-refractivity contribution in [3.05, 3.63) is 48.3 Å². The van der Waals surface area contributed by atoms with Crippen LogP contribution in [0.5, 0.6) is 0 Å². The van der Waals surface area contributed by atoms with Gasteiger partial charge in [-0.25, -0.2) is 4.98 Å². The number of H-pyrrole nitrogens is 1. The fourth-order valence-corrected chi connectivity index (χ4v) is 1.32. The van der Waals surface area contributed by atoms with E-state index in [2.05, 4.69) is 20.3 Å². The Hall–Kier alpha value is -2.17. The first-order valence-corrected chi connectivity index (χ1v) is 5.04. The van der Waals surface area contributed by atoms with Crippen molar-refractivity contribution in [2.75, 3.05) is 6.54 Å². The molecule has 0 saturated carbocycles. The zero-order valence-corrected chi connectivity index (χ0v) is 8.68. The molecule has 2 rings (SSSR count). The molecular formula is C11H12N4O. The van der Waals surface area contributed by atoms with Gasteiger partial charge in [-0.3, -0.25) is 9.78 Å². The zero-order valence-electron chi connectivity index (χ0n) is 8.68. The van der Waals surface area contributed by atoms with Crippen molar-refractivity contribution in [1.82, 2.24) is 20.3 Å². The third-order valence-corrected chi connectivity index (χ3v) is 2.10. The van der Waals surface area contributed by atoms with E-state index in [-0.39, 0.29) is 5.91 Å². The van der Waals surface area contributed by atoms with Gasteiger partial charge in [-0.05, 0) is 12.1 Å². The van der Waals surface area contributed by atoms with E-state index in [4.69, 9.17) is 0 Å². The highest BCUT2D eigenvalue weighted by atomic mass is 16.1. The Morgan fingerprint density at radius 1 is 1.31 bits per heavy atom. The Morgan fingerprint density at radius 3 is 2.94 bits per heavy atom. The van der Waals surface area contributed by atoms with Gasteiger partial charge in [-0.15, -0.1) is 0 Å². The molecule has 2 heterocycles. The average molecular weight is 216 g/mol. The largest absolute Gasteiger partial charge is 0.350 e. The van der Waals surface area contributed by atoms with Crippen LogP contribution in [0.2, 0.25) is 0 Å². The summed E-state index contributed by atoms with van der Waals surface area (Å²) in [6.07, 6.45) is 5.73. The fraction of sp³-hybridized carbons (Fsp3) is 0.182. The lowest BCUT2D eigenvalue weighted by molar-refractivity contribution is 0.0949. The number of aromatic nitrogens is 3. The lowest BCUT2D eigenvalue weighted by atomic mass is 10.3. The monoisotopic (exact) mass is 216 g/mol. The quantitative estimate of drug-likeness (QED) is 0.793. The van der Waals surface area contributed by atoms with Crippen molar-refractivity contribution in [1.29, 1.82) is 0 Å². The van der Waals surface area contributed by atoms with Crippen LogP contribution in [0, 0.1) is 0 Å². The molecule has 2 aromatic heterocycles. The van der Waals surface area contributed by atoms with Gasteiger partial charge in [0.2, 0.25) is 0 Å². The first kappa shape index (κ1) is 10.4. The fourth-order valence-electron chi connectivity index (χ4n) is 1.32. The number of imidazole rings is 1. The Morgan fingerprint density at radius 2 is 2.25 bits per heavy atom. The Balaban J connectivity index is 1.81. The van der Waals surface area contributed by atoms with Gasteiger partial charge in [0.1, 0.15) is 11.5 Å².